The Bertz CT molecular complexity index is 306. The molecule has 0 bridgehead atoms. The number of alkyl halides is 3. The van der Waals surface area contributed by atoms with Crippen LogP contribution in [0.4, 0.5) is 13.2 Å². The van der Waals surface area contributed by atoms with Gasteiger partial charge in [0, 0.05) is 12.6 Å². The molecule has 0 aromatic rings. The Hall–Kier alpha value is -0.820. The van der Waals surface area contributed by atoms with Gasteiger partial charge >= 0.3 is 12.1 Å². The van der Waals surface area contributed by atoms with Gasteiger partial charge in [0.05, 0.1) is 13.0 Å². The lowest BCUT2D eigenvalue weighted by Crippen LogP contribution is -2.42. The van der Waals surface area contributed by atoms with Crippen LogP contribution in [0.3, 0.4) is 0 Å². The molecule has 0 aliphatic heterocycles. The monoisotopic (exact) mass is 296 g/mol. The van der Waals surface area contributed by atoms with Crippen LogP contribution in [0.15, 0.2) is 0 Å². The van der Waals surface area contributed by atoms with E-state index in [-0.39, 0.29) is 12.5 Å². The Morgan fingerprint density at radius 3 is 2.55 bits per heavy atom. The summed E-state index contributed by atoms with van der Waals surface area (Å²) in [6.45, 7) is 2.43. The Morgan fingerprint density at radius 2 is 2.05 bits per heavy atom. The van der Waals surface area contributed by atoms with Crippen molar-refractivity contribution in [3.05, 3.63) is 0 Å². The van der Waals surface area contributed by atoms with Gasteiger partial charge in [-0.2, -0.15) is 13.2 Å². The van der Waals surface area contributed by atoms with Crippen LogP contribution in [-0.2, 0) is 9.53 Å². The quantitative estimate of drug-likeness (QED) is 0.660. The molecule has 1 saturated carbocycles. The zero-order valence-corrected chi connectivity index (χ0v) is 12.0. The van der Waals surface area contributed by atoms with Crippen LogP contribution in [0.25, 0.3) is 0 Å². The van der Waals surface area contributed by atoms with Crippen LogP contribution in [0.1, 0.15) is 32.6 Å². The molecule has 0 saturated heterocycles. The second-order valence-electron chi connectivity index (χ2n) is 5.20. The lowest BCUT2D eigenvalue weighted by molar-refractivity contribution is -0.146. The van der Waals surface area contributed by atoms with E-state index >= 15 is 0 Å². The topological polar surface area (TPSA) is 41.6 Å². The number of carbonyl (C=O) groups excluding carboxylic acids is 1. The van der Waals surface area contributed by atoms with Crippen LogP contribution >= 0.6 is 0 Å². The first-order valence-electron chi connectivity index (χ1n) is 6.99. The van der Waals surface area contributed by atoms with E-state index in [4.69, 9.17) is 4.74 Å². The van der Waals surface area contributed by atoms with Crippen molar-refractivity contribution in [2.24, 2.45) is 0 Å². The summed E-state index contributed by atoms with van der Waals surface area (Å²) in [5, 5.41) is 3.18. The van der Waals surface area contributed by atoms with Crippen molar-refractivity contribution in [2.75, 3.05) is 26.7 Å². The van der Waals surface area contributed by atoms with E-state index in [9.17, 15) is 18.0 Å². The van der Waals surface area contributed by atoms with E-state index in [2.05, 4.69) is 5.32 Å². The van der Waals surface area contributed by atoms with Crippen LogP contribution in [-0.4, -0.2) is 55.9 Å². The fourth-order valence-corrected chi connectivity index (χ4v) is 1.83. The van der Waals surface area contributed by atoms with Gasteiger partial charge in [0.2, 0.25) is 0 Å². The predicted octanol–water partition coefficient (Wildman–Crippen LogP) is 1.94. The molecule has 0 radical (unpaired) electrons. The van der Waals surface area contributed by atoms with Gasteiger partial charge in [-0.1, -0.05) is 0 Å². The van der Waals surface area contributed by atoms with E-state index < -0.39 is 18.6 Å². The highest BCUT2D eigenvalue weighted by molar-refractivity contribution is 5.75. The molecule has 1 atom stereocenters. The number of carbonyl (C=O) groups is 1. The summed E-state index contributed by atoms with van der Waals surface area (Å²) < 4.78 is 41.3. The third-order valence-corrected chi connectivity index (χ3v) is 3.16. The minimum absolute atomic E-state index is 0.0531. The molecule has 1 rings (SSSR count). The highest BCUT2D eigenvalue weighted by Crippen LogP contribution is 2.21. The summed E-state index contributed by atoms with van der Waals surface area (Å²) in [5.41, 5.74) is 0. The summed E-state index contributed by atoms with van der Waals surface area (Å²) in [4.78, 5) is 13.3. The lowest BCUT2D eigenvalue weighted by atomic mass is 10.2. The maximum atomic E-state index is 12.1. The Kier molecular flexibility index (Phi) is 6.75. The van der Waals surface area contributed by atoms with Gasteiger partial charge in [0.25, 0.3) is 0 Å². The molecule has 7 heteroatoms. The predicted molar refractivity (Wildman–Crippen MR) is 69.4 cm³/mol. The van der Waals surface area contributed by atoms with Crippen molar-refractivity contribution in [1.82, 2.24) is 10.2 Å². The van der Waals surface area contributed by atoms with Crippen LogP contribution in [0, 0.1) is 0 Å². The molecular formula is C13H23F3N2O2. The molecule has 0 aromatic carbocycles. The van der Waals surface area contributed by atoms with Crippen molar-refractivity contribution in [1.29, 1.82) is 0 Å². The lowest BCUT2D eigenvalue weighted by Gasteiger charge is -2.22. The first kappa shape index (κ1) is 17.2. The fraction of sp³-hybridized carbons (Fsp3) is 0.923. The zero-order valence-electron chi connectivity index (χ0n) is 12.0. The first-order valence-corrected chi connectivity index (χ1v) is 6.99. The molecule has 0 amide bonds. The molecule has 0 heterocycles. The maximum absolute atomic E-state index is 12.1. The smallest absolute Gasteiger partial charge is 0.390 e. The van der Waals surface area contributed by atoms with Crippen molar-refractivity contribution in [3.8, 4) is 0 Å². The second kappa shape index (κ2) is 7.83. The molecule has 1 aliphatic carbocycles. The van der Waals surface area contributed by atoms with E-state index in [0.717, 1.165) is 12.8 Å². The zero-order chi connectivity index (χ0) is 15.2. The Balaban J connectivity index is 2.30. The van der Waals surface area contributed by atoms with Gasteiger partial charge in [-0.15, -0.1) is 0 Å². The summed E-state index contributed by atoms with van der Waals surface area (Å²) in [5.74, 6) is -0.316. The van der Waals surface area contributed by atoms with Gasteiger partial charge in [-0.05, 0) is 39.8 Å². The number of esters is 1. The molecule has 1 unspecified atom stereocenters. The van der Waals surface area contributed by atoms with Crippen LogP contribution in [0.5, 0.6) is 0 Å². The number of hydrogen-bond acceptors (Lipinski definition) is 4. The number of hydrogen-bond donors (Lipinski definition) is 1. The Labute approximate surface area is 117 Å². The summed E-state index contributed by atoms with van der Waals surface area (Å²) in [7, 11) is 1.63. The standard InChI is InChI=1S/C13H23F3N2O2/c1-3-20-12(19)11(17-10-4-5-10)6-8-18(2)9-7-13(14,15)16/h10-11,17H,3-9H2,1-2H3. The van der Waals surface area contributed by atoms with E-state index in [1.54, 1.807) is 18.9 Å². The van der Waals surface area contributed by atoms with Crippen LogP contribution in [0.2, 0.25) is 0 Å². The molecule has 4 nitrogen and oxygen atoms in total. The average molecular weight is 296 g/mol. The van der Waals surface area contributed by atoms with Crippen molar-refractivity contribution >= 4 is 5.97 Å². The number of halogens is 3. The van der Waals surface area contributed by atoms with E-state index in [1.165, 1.54) is 0 Å². The minimum Gasteiger partial charge on any atom is -0.465 e. The van der Waals surface area contributed by atoms with Gasteiger partial charge in [0.1, 0.15) is 6.04 Å². The number of ether oxygens (including phenoxy) is 1. The molecule has 0 spiro atoms. The van der Waals surface area contributed by atoms with Gasteiger partial charge in [-0.3, -0.25) is 4.79 Å². The summed E-state index contributed by atoms with van der Waals surface area (Å²) in [6.07, 6.45) is -2.42. The SMILES string of the molecule is CCOC(=O)C(CCN(C)CCC(F)(F)F)NC1CC1. The van der Waals surface area contributed by atoms with Crippen molar-refractivity contribution in [2.45, 2.75) is 50.9 Å². The molecule has 1 N–H and O–H groups in total. The summed E-state index contributed by atoms with van der Waals surface area (Å²) in [6, 6.07) is -0.0688. The van der Waals surface area contributed by atoms with E-state index in [1.807, 2.05) is 0 Å². The first-order chi connectivity index (χ1) is 9.31. The highest BCUT2D eigenvalue weighted by Gasteiger charge is 2.30. The normalized spacial score (nSPS) is 17.3. The van der Waals surface area contributed by atoms with Gasteiger partial charge in [-0.25, -0.2) is 0 Å². The largest absolute Gasteiger partial charge is 0.465 e. The number of nitrogens with one attached hydrogen (secondary N) is 1. The van der Waals surface area contributed by atoms with Crippen molar-refractivity contribution in [3.63, 3.8) is 0 Å². The maximum Gasteiger partial charge on any atom is 0.390 e. The fourth-order valence-electron chi connectivity index (χ4n) is 1.83. The molecule has 118 valence electrons. The average Bonchev–Trinajstić information content (AvgIpc) is 3.15. The molecule has 1 fully saturated rings. The Morgan fingerprint density at radius 1 is 1.40 bits per heavy atom. The third kappa shape index (κ3) is 7.69. The van der Waals surface area contributed by atoms with Crippen LogP contribution < -0.4 is 5.32 Å². The van der Waals surface area contributed by atoms with Gasteiger partial charge < -0.3 is 15.0 Å². The number of rotatable bonds is 9. The third-order valence-electron chi connectivity index (χ3n) is 3.16. The molecule has 1 aliphatic rings. The second-order valence-corrected chi connectivity index (χ2v) is 5.20. The van der Waals surface area contributed by atoms with Gasteiger partial charge in [0.15, 0.2) is 0 Å². The van der Waals surface area contributed by atoms with Crippen molar-refractivity contribution < 1.29 is 22.7 Å². The summed E-state index contributed by atoms with van der Waals surface area (Å²) >= 11 is 0. The molecule has 20 heavy (non-hydrogen) atoms. The van der Waals surface area contributed by atoms with E-state index in [0.29, 0.717) is 25.6 Å². The molecule has 0 aromatic heterocycles. The minimum atomic E-state index is -4.14. The molecular weight excluding hydrogens is 273 g/mol. The number of nitrogens with zero attached hydrogens (tertiary/aromatic N) is 1. The highest BCUT2D eigenvalue weighted by atomic mass is 19.4.